The predicted octanol–water partition coefficient (Wildman–Crippen LogP) is 5.76. The van der Waals surface area contributed by atoms with E-state index >= 15 is 0 Å². The zero-order chi connectivity index (χ0) is 22.9. The Kier molecular flexibility index (Phi) is 5.48. The van der Waals surface area contributed by atoms with Crippen molar-refractivity contribution in [1.29, 1.82) is 0 Å². The Bertz CT molecular complexity index is 1440. The van der Waals surface area contributed by atoms with Gasteiger partial charge < -0.3 is 14.1 Å². The van der Waals surface area contributed by atoms with Gasteiger partial charge in [0.15, 0.2) is 5.43 Å². The zero-order valence-corrected chi connectivity index (χ0v) is 18.4. The maximum absolute atomic E-state index is 13.6. The Hall–Kier alpha value is -3.83. The van der Waals surface area contributed by atoms with Crippen molar-refractivity contribution in [2.75, 3.05) is 6.61 Å². The molecule has 1 aliphatic rings. The van der Waals surface area contributed by atoms with Gasteiger partial charge in [-0.05, 0) is 41.5 Å². The first kappa shape index (κ1) is 21.0. The fourth-order valence-corrected chi connectivity index (χ4v) is 4.41. The summed E-state index contributed by atoms with van der Waals surface area (Å²) >= 11 is 6.40. The highest BCUT2D eigenvalue weighted by Gasteiger charge is 2.43. The Labute approximate surface area is 195 Å². The van der Waals surface area contributed by atoms with Crippen LogP contribution in [0.15, 0.2) is 94.7 Å². The summed E-state index contributed by atoms with van der Waals surface area (Å²) in [6.45, 7) is 4.25. The maximum atomic E-state index is 13.6. The molecule has 1 atom stereocenters. The van der Waals surface area contributed by atoms with Gasteiger partial charge in [-0.25, -0.2) is 0 Å². The molecule has 5 rings (SSSR count). The number of benzene rings is 3. The summed E-state index contributed by atoms with van der Waals surface area (Å²) in [5, 5.41) is 0.986. The zero-order valence-electron chi connectivity index (χ0n) is 17.7. The van der Waals surface area contributed by atoms with E-state index in [1.807, 2.05) is 42.5 Å². The van der Waals surface area contributed by atoms with E-state index in [1.54, 1.807) is 41.3 Å². The molecule has 0 aliphatic carbocycles. The van der Waals surface area contributed by atoms with Gasteiger partial charge in [0, 0.05) is 11.6 Å². The van der Waals surface area contributed by atoms with Crippen LogP contribution in [-0.2, 0) is 6.54 Å². The number of carbonyl (C=O) groups excluding carboxylic acids is 1. The van der Waals surface area contributed by atoms with Crippen LogP contribution in [0.3, 0.4) is 0 Å². The van der Waals surface area contributed by atoms with Crippen LogP contribution >= 0.6 is 11.6 Å². The first-order valence-corrected chi connectivity index (χ1v) is 10.9. The molecule has 3 aromatic carbocycles. The molecule has 164 valence electrons. The summed E-state index contributed by atoms with van der Waals surface area (Å²) < 4.78 is 11.7. The first-order valence-electron chi connectivity index (χ1n) is 10.5. The fourth-order valence-electron chi connectivity index (χ4n) is 4.22. The third kappa shape index (κ3) is 3.70. The number of fused-ring (bicyclic) bond motifs is 2. The molecule has 0 spiro atoms. The van der Waals surface area contributed by atoms with Gasteiger partial charge in [-0.3, -0.25) is 9.59 Å². The molecule has 4 aromatic rings. The molecule has 1 amide bonds. The van der Waals surface area contributed by atoms with E-state index in [-0.39, 0.29) is 23.6 Å². The smallest absolute Gasteiger partial charge is 0.291 e. The molecule has 33 heavy (non-hydrogen) atoms. The quantitative estimate of drug-likeness (QED) is 0.345. The van der Waals surface area contributed by atoms with E-state index in [4.69, 9.17) is 20.8 Å². The molecule has 0 saturated heterocycles. The minimum absolute atomic E-state index is 0.0631. The normalized spacial score (nSPS) is 15.0. The van der Waals surface area contributed by atoms with Crippen molar-refractivity contribution in [3.63, 3.8) is 0 Å². The molecule has 0 unspecified atom stereocenters. The number of nitrogens with zero attached hydrogens (tertiary/aromatic N) is 1. The lowest BCUT2D eigenvalue weighted by Crippen LogP contribution is -2.29. The van der Waals surface area contributed by atoms with Gasteiger partial charge in [-0.1, -0.05) is 66.7 Å². The lowest BCUT2D eigenvalue weighted by atomic mass is 9.98. The van der Waals surface area contributed by atoms with E-state index in [0.29, 0.717) is 33.9 Å². The summed E-state index contributed by atoms with van der Waals surface area (Å²) in [6, 6.07) is 21.0. The molecule has 0 bridgehead atoms. The van der Waals surface area contributed by atoms with Crippen LogP contribution in [0.5, 0.6) is 5.75 Å². The van der Waals surface area contributed by atoms with E-state index in [2.05, 4.69) is 6.58 Å². The highest BCUT2D eigenvalue weighted by molar-refractivity contribution is 6.31. The summed E-state index contributed by atoms with van der Waals surface area (Å²) in [5.74, 6) is 0.333. The molecule has 0 N–H and O–H groups in total. The second-order valence-electron chi connectivity index (χ2n) is 7.77. The van der Waals surface area contributed by atoms with Crippen molar-refractivity contribution < 1.29 is 13.9 Å². The van der Waals surface area contributed by atoms with E-state index in [9.17, 15) is 9.59 Å². The Morgan fingerprint density at radius 2 is 1.82 bits per heavy atom. The number of ether oxygens (including phenoxy) is 1. The molecular weight excluding hydrogens is 438 g/mol. The highest BCUT2D eigenvalue weighted by Crippen LogP contribution is 2.40. The van der Waals surface area contributed by atoms with Crippen molar-refractivity contribution in [1.82, 2.24) is 4.90 Å². The second kappa shape index (κ2) is 8.60. The molecule has 0 saturated carbocycles. The van der Waals surface area contributed by atoms with Gasteiger partial charge in [-0.15, -0.1) is 0 Å². The molecular formula is C27H20ClNO4. The van der Waals surface area contributed by atoms with Crippen molar-refractivity contribution in [2.24, 2.45) is 0 Å². The minimum atomic E-state index is -0.642. The standard InChI is InChI=1S/C27H20ClNO4/c1-2-14-32-19-10-7-9-17(15-19)24-23-25(30)20-11-4-6-13-22(20)33-26(23)27(31)29(24)16-18-8-3-5-12-21(18)28/h2-13,15,24H,1,14,16H2/t24-/m0/s1. The maximum Gasteiger partial charge on any atom is 0.291 e. The second-order valence-corrected chi connectivity index (χ2v) is 8.18. The molecule has 6 heteroatoms. The topological polar surface area (TPSA) is 59.8 Å². The van der Waals surface area contributed by atoms with Crippen LogP contribution in [0.1, 0.15) is 33.3 Å². The van der Waals surface area contributed by atoms with E-state index in [0.717, 1.165) is 11.1 Å². The van der Waals surface area contributed by atoms with Gasteiger partial charge in [-0.2, -0.15) is 0 Å². The minimum Gasteiger partial charge on any atom is -0.490 e. The number of rotatable bonds is 6. The summed E-state index contributed by atoms with van der Waals surface area (Å²) in [7, 11) is 0. The average molecular weight is 458 g/mol. The van der Waals surface area contributed by atoms with Gasteiger partial charge in [0.2, 0.25) is 5.76 Å². The summed E-state index contributed by atoms with van der Waals surface area (Å²) in [5.41, 5.74) is 2.02. The number of halogens is 1. The Balaban J connectivity index is 1.70. The summed E-state index contributed by atoms with van der Waals surface area (Å²) in [4.78, 5) is 28.7. The monoisotopic (exact) mass is 457 g/mol. The van der Waals surface area contributed by atoms with Crippen LogP contribution in [0, 0.1) is 0 Å². The third-order valence-corrected chi connectivity index (χ3v) is 6.08. The van der Waals surface area contributed by atoms with Gasteiger partial charge >= 0.3 is 0 Å². The van der Waals surface area contributed by atoms with Crippen molar-refractivity contribution in [2.45, 2.75) is 12.6 Å². The largest absolute Gasteiger partial charge is 0.490 e. The lowest BCUT2D eigenvalue weighted by Gasteiger charge is -2.26. The SMILES string of the molecule is C=CCOc1cccc([C@H]2c3c(oc4ccccc4c3=O)C(=O)N2Cc2ccccc2Cl)c1. The lowest BCUT2D eigenvalue weighted by molar-refractivity contribution is 0.0714. The molecule has 1 aromatic heterocycles. The third-order valence-electron chi connectivity index (χ3n) is 5.71. The Morgan fingerprint density at radius 1 is 1.03 bits per heavy atom. The molecule has 2 heterocycles. The van der Waals surface area contributed by atoms with Crippen molar-refractivity contribution >= 4 is 28.5 Å². The van der Waals surface area contributed by atoms with Gasteiger partial charge in [0.1, 0.15) is 17.9 Å². The van der Waals surface area contributed by atoms with Crippen molar-refractivity contribution in [3.8, 4) is 5.75 Å². The summed E-state index contributed by atoms with van der Waals surface area (Å²) in [6.07, 6.45) is 1.66. The van der Waals surface area contributed by atoms with Crippen LogP contribution in [0.2, 0.25) is 5.02 Å². The van der Waals surface area contributed by atoms with Gasteiger partial charge in [0.25, 0.3) is 5.91 Å². The average Bonchev–Trinajstić information content (AvgIpc) is 3.11. The highest BCUT2D eigenvalue weighted by atomic mass is 35.5. The fraction of sp³-hybridized carbons (Fsp3) is 0.111. The molecule has 5 nitrogen and oxygen atoms in total. The van der Waals surface area contributed by atoms with E-state index in [1.165, 1.54) is 0 Å². The number of hydrogen-bond acceptors (Lipinski definition) is 4. The number of hydrogen-bond donors (Lipinski definition) is 0. The molecule has 0 radical (unpaired) electrons. The van der Waals surface area contributed by atoms with Crippen molar-refractivity contribution in [3.05, 3.63) is 123 Å². The number of para-hydroxylation sites is 1. The molecule has 0 fully saturated rings. The Morgan fingerprint density at radius 3 is 2.64 bits per heavy atom. The number of amides is 1. The number of carbonyl (C=O) groups is 1. The van der Waals surface area contributed by atoms with Crippen LogP contribution in [0.4, 0.5) is 0 Å². The van der Waals surface area contributed by atoms with E-state index < -0.39 is 6.04 Å². The van der Waals surface area contributed by atoms with Gasteiger partial charge in [0.05, 0.1) is 17.0 Å². The van der Waals surface area contributed by atoms with Crippen LogP contribution < -0.4 is 10.2 Å². The first-order chi connectivity index (χ1) is 16.1. The molecule has 1 aliphatic heterocycles. The van der Waals surface area contributed by atoms with Crippen LogP contribution in [-0.4, -0.2) is 17.4 Å². The van der Waals surface area contributed by atoms with Crippen LogP contribution in [0.25, 0.3) is 11.0 Å². The predicted molar refractivity (Wildman–Crippen MR) is 128 cm³/mol.